The van der Waals surface area contributed by atoms with E-state index in [1.807, 2.05) is 24.3 Å². The molecule has 4 fully saturated rings. The maximum absolute atomic E-state index is 15.0. The van der Waals surface area contributed by atoms with E-state index in [9.17, 15) is 27.6 Å². The van der Waals surface area contributed by atoms with Gasteiger partial charge in [0.2, 0.25) is 28.6 Å². The molecule has 3 aliphatic carbocycles. The Morgan fingerprint density at radius 2 is 1.80 bits per heavy atom. The number of aryl methyl sites for hydroxylation is 1. The fourth-order valence-electron chi connectivity index (χ4n) is 9.46. The molecule has 3 saturated carbocycles. The van der Waals surface area contributed by atoms with Crippen LogP contribution in [-0.4, -0.2) is 89.0 Å². The van der Waals surface area contributed by atoms with Gasteiger partial charge in [-0.25, -0.2) is 18.2 Å². The van der Waals surface area contributed by atoms with Crippen molar-refractivity contribution in [1.29, 1.82) is 0 Å². The number of amides is 4. The quantitative estimate of drug-likeness (QED) is 0.337. The monoisotopic (exact) mass is 833 g/mol. The Morgan fingerprint density at radius 3 is 2.51 bits per heavy atom. The molecule has 4 aliphatic heterocycles. The Kier molecular flexibility index (Phi) is 9.63. The number of fused-ring (bicyclic) bond motifs is 7. The first-order valence-corrected chi connectivity index (χ1v) is 22.8. The van der Waals surface area contributed by atoms with Crippen molar-refractivity contribution in [2.45, 2.75) is 157 Å². The van der Waals surface area contributed by atoms with Crippen molar-refractivity contribution in [3.63, 3.8) is 0 Å². The van der Waals surface area contributed by atoms with Crippen molar-refractivity contribution in [2.24, 2.45) is 5.92 Å². The van der Waals surface area contributed by atoms with Crippen LogP contribution in [0.2, 0.25) is 0 Å². The van der Waals surface area contributed by atoms with Crippen LogP contribution >= 0.6 is 0 Å². The number of sulfonamides is 1. The predicted octanol–water partition coefficient (Wildman–Crippen LogP) is 5.18. The number of nitrogens with zero attached hydrogens (tertiary/aromatic N) is 2. The molecule has 5 unspecified atom stereocenters. The van der Waals surface area contributed by atoms with Gasteiger partial charge in [-0.3, -0.25) is 19.1 Å². The van der Waals surface area contributed by atoms with Crippen LogP contribution in [-0.2, 0) is 35.6 Å². The number of pyridine rings is 1. The van der Waals surface area contributed by atoms with Crippen LogP contribution in [0.5, 0.6) is 17.2 Å². The van der Waals surface area contributed by atoms with Crippen LogP contribution in [0.25, 0.3) is 10.9 Å². The standard InChI is InChI=1S/C43H55N5O10S/c1-40(2,3)58-39(52)45-29-11-9-7-5-6-8-10-26-16-19-43(26,38(51)47-59(53,54)41(4)20-21-41)46-36(49)30-22-42(23-48(30)37(29)50)18-17-27-32-28(14-15-31-35(32)56-24-55-31)44-33(25-12-13-25)34(27)57-42/h8,10,14-15,25-26,29-30H,5-7,9,11-13,16-24H2,1-4H3,(H,45,52)(H,46,49)(H,47,51). The molecule has 5 heterocycles. The highest BCUT2D eigenvalue weighted by Crippen LogP contribution is 2.54. The molecule has 318 valence electrons. The molecule has 5 atom stereocenters. The molecule has 15 nitrogen and oxygen atoms in total. The number of hydrogen-bond donors (Lipinski definition) is 3. The summed E-state index contributed by atoms with van der Waals surface area (Å²) in [6, 6.07) is 1.70. The zero-order chi connectivity index (χ0) is 41.5. The molecule has 3 N–H and O–H groups in total. The van der Waals surface area contributed by atoms with Crippen molar-refractivity contribution in [2.75, 3.05) is 13.3 Å². The number of allylic oxidation sites excluding steroid dienone is 1. The molecule has 4 amide bonds. The SMILES string of the molecule is CC(C)(C)OC(=O)NC1CCCCCC=CC2CCC2(C(=O)NS(=O)(=O)C2(C)CC2)NC(=O)C2CC3(CCc4c(c(C5CC5)nc5ccc6c(c45)OCO6)O3)CN2C1=O. The summed E-state index contributed by atoms with van der Waals surface area (Å²) >= 11 is 0. The van der Waals surface area contributed by atoms with Gasteiger partial charge in [-0.1, -0.05) is 25.0 Å². The molecule has 2 aromatic rings. The highest BCUT2D eigenvalue weighted by Gasteiger charge is 2.60. The Hall–Kier alpha value is -4.60. The summed E-state index contributed by atoms with van der Waals surface area (Å²) in [5, 5.41) is 6.69. The first-order chi connectivity index (χ1) is 28.0. The third kappa shape index (κ3) is 7.26. The Labute approximate surface area is 344 Å². The fourth-order valence-corrected chi connectivity index (χ4v) is 10.8. The zero-order valence-electron chi connectivity index (χ0n) is 34.3. The highest BCUT2D eigenvalue weighted by atomic mass is 32.2. The van der Waals surface area contributed by atoms with Crippen molar-refractivity contribution >= 4 is 44.7 Å². The number of rotatable bonds is 5. The van der Waals surface area contributed by atoms with Gasteiger partial charge in [-0.05, 0) is 110 Å². The smallest absolute Gasteiger partial charge is 0.408 e. The minimum absolute atomic E-state index is 0.0414. The maximum Gasteiger partial charge on any atom is 0.408 e. The molecule has 16 heteroatoms. The van der Waals surface area contributed by atoms with E-state index in [4.69, 9.17) is 23.9 Å². The largest absolute Gasteiger partial charge is 0.483 e. The lowest BCUT2D eigenvalue weighted by atomic mass is 9.65. The number of hydrogen-bond acceptors (Lipinski definition) is 11. The van der Waals surface area contributed by atoms with Crippen molar-refractivity contribution < 1.29 is 46.5 Å². The first kappa shape index (κ1) is 39.8. The van der Waals surface area contributed by atoms with Gasteiger partial charge >= 0.3 is 6.09 Å². The number of ether oxygens (including phenoxy) is 4. The van der Waals surface area contributed by atoms with Crippen molar-refractivity contribution in [1.82, 2.24) is 25.2 Å². The maximum atomic E-state index is 15.0. The van der Waals surface area contributed by atoms with Gasteiger partial charge in [0.1, 0.15) is 34.6 Å². The second kappa shape index (κ2) is 14.3. The molecule has 59 heavy (non-hydrogen) atoms. The van der Waals surface area contributed by atoms with Gasteiger partial charge < -0.3 is 34.5 Å². The molecular weight excluding hydrogens is 779 g/mol. The van der Waals surface area contributed by atoms with Crippen LogP contribution in [0.15, 0.2) is 24.3 Å². The Balaban J connectivity index is 1.09. The van der Waals surface area contributed by atoms with E-state index in [0.29, 0.717) is 68.6 Å². The van der Waals surface area contributed by atoms with E-state index >= 15 is 0 Å². The van der Waals surface area contributed by atoms with Gasteiger partial charge in [0.25, 0.3) is 5.91 Å². The molecule has 1 saturated heterocycles. The Bertz CT molecular complexity index is 2250. The van der Waals surface area contributed by atoms with E-state index in [1.54, 1.807) is 27.7 Å². The Morgan fingerprint density at radius 1 is 1.00 bits per heavy atom. The van der Waals surface area contributed by atoms with Crippen LogP contribution < -0.4 is 29.6 Å². The lowest BCUT2D eigenvalue weighted by molar-refractivity contribution is -0.144. The van der Waals surface area contributed by atoms with Gasteiger partial charge in [-0.15, -0.1) is 0 Å². The lowest BCUT2D eigenvalue weighted by Crippen LogP contribution is -2.70. The second-order valence-electron chi connectivity index (χ2n) is 19.0. The van der Waals surface area contributed by atoms with Gasteiger partial charge in [-0.2, -0.15) is 0 Å². The summed E-state index contributed by atoms with van der Waals surface area (Å²) in [5.74, 6) is -0.134. The fraction of sp³-hybridized carbons (Fsp3) is 0.651. The number of nitrogens with one attached hydrogen (secondary N) is 3. The first-order valence-electron chi connectivity index (χ1n) is 21.3. The van der Waals surface area contributed by atoms with Crippen molar-refractivity contribution in [3.05, 3.63) is 35.5 Å². The third-order valence-corrected chi connectivity index (χ3v) is 15.6. The zero-order valence-corrected chi connectivity index (χ0v) is 35.1. The van der Waals surface area contributed by atoms with Crippen LogP contribution in [0.4, 0.5) is 4.79 Å². The van der Waals surface area contributed by atoms with Gasteiger partial charge in [0, 0.05) is 23.8 Å². The minimum atomic E-state index is -4.02. The number of carbonyl (C=O) groups excluding carboxylic acids is 4. The summed E-state index contributed by atoms with van der Waals surface area (Å²) < 4.78 is 52.5. The molecule has 1 aromatic carbocycles. The molecule has 9 rings (SSSR count). The number of benzene rings is 1. The van der Waals surface area contributed by atoms with E-state index in [2.05, 4.69) is 15.4 Å². The molecule has 0 bridgehead atoms. The van der Waals surface area contributed by atoms with Crippen LogP contribution in [0.1, 0.15) is 128 Å². The second-order valence-corrected chi connectivity index (χ2v) is 21.2. The summed E-state index contributed by atoms with van der Waals surface area (Å²) in [7, 11) is -4.02. The predicted molar refractivity (Wildman–Crippen MR) is 215 cm³/mol. The molecule has 7 aliphatic rings. The van der Waals surface area contributed by atoms with Gasteiger partial charge in [0.15, 0.2) is 11.5 Å². The normalized spacial score (nSPS) is 30.1. The van der Waals surface area contributed by atoms with Gasteiger partial charge in [0.05, 0.1) is 27.9 Å². The molecule has 1 spiro atoms. The summed E-state index contributed by atoms with van der Waals surface area (Å²) in [6.07, 6.45) is 11.1. The van der Waals surface area contributed by atoms with E-state index < -0.39 is 73.3 Å². The highest BCUT2D eigenvalue weighted by molar-refractivity contribution is 7.91. The molecule has 0 radical (unpaired) electrons. The summed E-state index contributed by atoms with van der Waals surface area (Å²) in [5.41, 5.74) is -0.769. The average Bonchev–Trinajstić information content (AvgIpc) is 4.07. The van der Waals surface area contributed by atoms with Crippen LogP contribution in [0, 0.1) is 5.92 Å². The van der Waals surface area contributed by atoms with E-state index in [-0.39, 0.29) is 32.1 Å². The average molecular weight is 834 g/mol. The number of alkyl carbamates (subject to hydrolysis) is 1. The number of carbonyl (C=O) groups is 4. The minimum Gasteiger partial charge on any atom is -0.483 e. The summed E-state index contributed by atoms with van der Waals surface area (Å²) in [6.45, 7) is 7.00. The third-order valence-electron chi connectivity index (χ3n) is 13.5. The topological polar surface area (TPSA) is 192 Å². The lowest BCUT2D eigenvalue weighted by Gasteiger charge is -2.48. The van der Waals surface area contributed by atoms with E-state index in [1.165, 1.54) is 4.90 Å². The number of aromatic nitrogens is 1. The van der Waals surface area contributed by atoms with E-state index in [0.717, 1.165) is 47.8 Å². The van der Waals surface area contributed by atoms with Crippen molar-refractivity contribution in [3.8, 4) is 17.2 Å². The molecular formula is C43H55N5O10S. The van der Waals surface area contributed by atoms with Crippen LogP contribution in [0.3, 0.4) is 0 Å². The summed E-state index contributed by atoms with van der Waals surface area (Å²) in [4.78, 5) is 64.0. The molecule has 1 aromatic heterocycles.